The first-order chi connectivity index (χ1) is 12.4. The first-order valence-electron chi connectivity index (χ1n) is 8.77. The highest BCUT2D eigenvalue weighted by molar-refractivity contribution is 7.98. The molecule has 0 aromatic heterocycles. The highest BCUT2D eigenvalue weighted by Gasteiger charge is 2.55. The van der Waals surface area contributed by atoms with Crippen LogP contribution in [-0.2, 0) is 20.8 Å². The minimum absolute atomic E-state index is 0.0515. The van der Waals surface area contributed by atoms with E-state index in [0.717, 1.165) is 10.5 Å². The van der Waals surface area contributed by atoms with Gasteiger partial charge in [-0.15, -0.1) is 11.8 Å². The number of carboxylic acids is 1. The first kappa shape index (κ1) is 18.8. The van der Waals surface area contributed by atoms with Gasteiger partial charge in [-0.2, -0.15) is 0 Å². The fourth-order valence-electron chi connectivity index (χ4n) is 4.16. The Labute approximate surface area is 157 Å². The fourth-order valence-corrected chi connectivity index (χ4v) is 4.57. The van der Waals surface area contributed by atoms with Crippen molar-refractivity contribution in [1.29, 1.82) is 0 Å². The molecule has 2 saturated heterocycles. The third-order valence-corrected chi connectivity index (χ3v) is 6.61. The van der Waals surface area contributed by atoms with Crippen molar-refractivity contribution in [2.24, 2.45) is 5.92 Å². The molecule has 2 amide bonds. The number of nitrogens with zero attached hydrogens (tertiary/aromatic N) is 2. The number of hydrogen-bond acceptors (Lipinski definition) is 4. The molecule has 0 saturated carbocycles. The number of hydrogen-bond donors (Lipinski definition) is 1. The minimum atomic E-state index is -0.920. The van der Waals surface area contributed by atoms with Crippen LogP contribution in [0.25, 0.3) is 0 Å². The topological polar surface area (TPSA) is 77.9 Å². The SMILES string of the molecule is CSc1ccc(CC(=O)N2CCC3(CC2)[C@@H](C(=O)O)CC(=O)N3C)cc1. The molecule has 1 aromatic carbocycles. The first-order valence-corrected chi connectivity index (χ1v) is 10.00. The van der Waals surface area contributed by atoms with Gasteiger partial charge in [0.15, 0.2) is 0 Å². The van der Waals surface area contributed by atoms with Crippen molar-refractivity contribution in [2.75, 3.05) is 26.4 Å². The summed E-state index contributed by atoms with van der Waals surface area (Å²) in [5, 5.41) is 9.52. The number of piperidine rings is 1. The zero-order valence-corrected chi connectivity index (χ0v) is 15.9. The number of benzene rings is 1. The number of aliphatic carboxylic acids is 1. The van der Waals surface area contributed by atoms with E-state index in [0.29, 0.717) is 32.4 Å². The van der Waals surface area contributed by atoms with Crippen LogP contribution >= 0.6 is 11.8 Å². The van der Waals surface area contributed by atoms with E-state index in [1.807, 2.05) is 30.5 Å². The molecule has 2 fully saturated rings. The van der Waals surface area contributed by atoms with Crippen LogP contribution in [-0.4, -0.2) is 64.6 Å². The molecule has 7 heteroatoms. The lowest BCUT2D eigenvalue weighted by Gasteiger charge is -2.45. The zero-order chi connectivity index (χ0) is 18.9. The molecule has 0 unspecified atom stereocenters. The monoisotopic (exact) mass is 376 g/mol. The van der Waals surface area contributed by atoms with Gasteiger partial charge in [0.25, 0.3) is 0 Å². The highest BCUT2D eigenvalue weighted by atomic mass is 32.2. The molecule has 1 N–H and O–H groups in total. The number of rotatable bonds is 4. The average Bonchev–Trinajstić information content (AvgIpc) is 2.88. The second kappa shape index (κ2) is 7.31. The summed E-state index contributed by atoms with van der Waals surface area (Å²) < 4.78 is 0. The molecule has 0 radical (unpaired) electrons. The summed E-state index contributed by atoms with van der Waals surface area (Å²) in [6, 6.07) is 7.96. The van der Waals surface area contributed by atoms with Crippen molar-refractivity contribution in [3.8, 4) is 0 Å². The number of carbonyl (C=O) groups is 3. The van der Waals surface area contributed by atoms with E-state index in [2.05, 4.69) is 0 Å². The van der Waals surface area contributed by atoms with E-state index >= 15 is 0 Å². The maximum absolute atomic E-state index is 12.6. The Bertz CT molecular complexity index is 711. The number of likely N-dealkylation sites (tertiary alicyclic amines) is 2. The summed E-state index contributed by atoms with van der Waals surface area (Å²) >= 11 is 1.66. The van der Waals surface area contributed by atoms with Crippen molar-refractivity contribution in [1.82, 2.24) is 9.80 Å². The molecular weight excluding hydrogens is 352 g/mol. The maximum atomic E-state index is 12.6. The average molecular weight is 376 g/mol. The van der Waals surface area contributed by atoms with Crippen LogP contribution in [0.1, 0.15) is 24.8 Å². The zero-order valence-electron chi connectivity index (χ0n) is 15.1. The van der Waals surface area contributed by atoms with Crippen LogP contribution in [0.3, 0.4) is 0 Å². The summed E-state index contributed by atoms with van der Waals surface area (Å²) in [6.45, 7) is 0.978. The Morgan fingerprint density at radius 2 is 1.85 bits per heavy atom. The third-order valence-electron chi connectivity index (χ3n) is 5.86. The molecule has 2 heterocycles. The van der Waals surface area contributed by atoms with Gasteiger partial charge in [0, 0.05) is 31.5 Å². The van der Waals surface area contributed by atoms with Crippen LogP contribution in [0.4, 0.5) is 0 Å². The molecule has 26 heavy (non-hydrogen) atoms. The fraction of sp³-hybridized carbons (Fsp3) is 0.526. The van der Waals surface area contributed by atoms with Crippen molar-refractivity contribution < 1.29 is 19.5 Å². The molecule has 6 nitrogen and oxygen atoms in total. The quantitative estimate of drug-likeness (QED) is 0.812. The molecule has 1 atom stereocenters. The predicted molar refractivity (Wildman–Crippen MR) is 99.0 cm³/mol. The van der Waals surface area contributed by atoms with Crippen molar-refractivity contribution in [3.05, 3.63) is 29.8 Å². The highest BCUT2D eigenvalue weighted by Crippen LogP contribution is 2.42. The summed E-state index contributed by atoms with van der Waals surface area (Å²) in [4.78, 5) is 40.8. The van der Waals surface area contributed by atoms with Crippen molar-refractivity contribution in [3.63, 3.8) is 0 Å². The van der Waals surface area contributed by atoms with Crippen molar-refractivity contribution >= 4 is 29.5 Å². The van der Waals surface area contributed by atoms with E-state index in [4.69, 9.17) is 0 Å². The van der Waals surface area contributed by atoms with Gasteiger partial charge in [-0.3, -0.25) is 14.4 Å². The number of carboxylic acid groups (broad SMARTS) is 1. The lowest BCUT2D eigenvalue weighted by molar-refractivity contribution is -0.146. The summed E-state index contributed by atoms with van der Waals surface area (Å²) in [7, 11) is 1.69. The standard InChI is InChI=1S/C19H24N2O4S/c1-20-16(22)12-15(18(24)25)19(20)7-9-21(10-8-19)17(23)11-13-3-5-14(26-2)6-4-13/h3-6,15H,7-12H2,1-2H3,(H,24,25)/t15-/m1/s1. The van der Waals surface area contributed by atoms with Gasteiger partial charge in [0.2, 0.25) is 11.8 Å². The molecule has 1 spiro atoms. The Kier molecular flexibility index (Phi) is 5.27. The van der Waals surface area contributed by atoms with Crippen LogP contribution in [0, 0.1) is 5.92 Å². The van der Waals surface area contributed by atoms with E-state index in [-0.39, 0.29) is 18.2 Å². The van der Waals surface area contributed by atoms with E-state index in [1.54, 1.807) is 28.6 Å². The summed E-state index contributed by atoms with van der Waals surface area (Å²) in [5.41, 5.74) is 0.323. The molecule has 140 valence electrons. The third kappa shape index (κ3) is 3.32. The van der Waals surface area contributed by atoms with Gasteiger partial charge >= 0.3 is 5.97 Å². The van der Waals surface area contributed by atoms with Crippen LogP contribution in [0.15, 0.2) is 29.2 Å². The minimum Gasteiger partial charge on any atom is -0.481 e. The van der Waals surface area contributed by atoms with Crippen molar-refractivity contribution in [2.45, 2.75) is 36.1 Å². The molecular formula is C19H24N2O4S. The Morgan fingerprint density at radius 1 is 1.23 bits per heavy atom. The molecule has 2 aliphatic rings. The number of carbonyl (C=O) groups excluding carboxylic acids is 2. The summed E-state index contributed by atoms with van der Waals surface area (Å²) in [5.74, 6) is -1.67. The normalized spacial score (nSPS) is 22.1. The Morgan fingerprint density at radius 3 is 2.38 bits per heavy atom. The lowest BCUT2D eigenvalue weighted by Crippen LogP contribution is -2.57. The second-order valence-electron chi connectivity index (χ2n) is 7.06. The van der Waals surface area contributed by atoms with E-state index < -0.39 is 17.4 Å². The largest absolute Gasteiger partial charge is 0.481 e. The Hall–Kier alpha value is -2.02. The van der Waals surface area contributed by atoms with E-state index in [9.17, 15) is 19.5 Å². The van der Waals surface area contributed by atoms with Crippen LogP contribution in [0.5, 0.6) is 0 Å². The second-order valence-corrected chi connectivity index (χ2v) is 7.94. The van der Waals surface area contributed by atoms with Gasteiger partial charge in [-0.1, -0.05) is 12.1 Å². The van der Waals surface area contributed by atoms with Gasteiger partial charge in [0.1, 0.15) is 0 Å². The summed E-state index contributed by atoms with van der Waals surface area (Å²) in [6.07, 6.45) is 3.45. The predicted octanol–water partition coefficient (Wildman–Crippen LogP) is 1.88. The molecule has 1 aromatic rings. The van der Waals surface area contributed by atoms with Gasteiger partial charge < -0.3 is 14.9 Å². The molecule has 0 aliphatic carbocycles. The lowest BCUT2D eigenvalue weighted by atomic mass is 9.77. The number of amides is 2. The maximum Gasteiger partial charge on any atom is 0.309 e. The molecule has 3 rings (SSSR count). The van der Waals surface area contributed by atoms with Gasteiger partial charge in [-0.05, 0) is 36.8 Å². The van der Waals surface area contributed by atoms with Gasteiger partial charge in [-0.25, -0.2) is 0 Å². The smallest absolute Gasteiger partial charge is 0.309 e. The molecule has 2 aliphatic heterocycles. The Balaban J connectivity index is 1.64. The molecule has 0 bridgehead atoms. The number of thioether (sulfide) groups is 1. The van der Waals surface area contributed by atoms with E-state index in [1.165, 1.54) is 0 Å². The van der Waals surface area contributed by atoms with Crippen LogP contribution < -0.4 is 0 Å². The van der Waals surface area contributed by atoms with Gasteiger partial charge in [0.05, 0.1) is 17.9 Å². The van der Waals surface area contributed by atoms with Crippen LogP contribution in [0.2, 0.25) is 0 Å².